The van der Waals surface area contributed by atoms with Gasteiger partial charge in [-0.2, -0.15) is 0 Å². The number of benzene rings is 1. The Kier molecular flexibility index (Phi) is 13.0. The number of aliphatic carboxylic acids is 1. The first-order valence-corrected chi connectivity index (χ1v) is 11.3. The van der Waals surface area contributed by atoms with Gasteiger partial charge >= 0.3 is 5.97 Å². The number of rotatable bonds is 17. The molecule has 0 saturated carbocycles. The SMILES string of the molecule is CCCOc1c(C=CC(=O)O)c(OCCC)c(OCCC)c(OCCC)c1OCCC. The van der Waals surface area contributed by atoms with Gasteiger partial charge in [-0.05, 0) is 38.2 Å². The highest BCUT2D eigenvalue weighted by atomic mass is 16.6. The number of hydrogen-bond acceptors (Lipinski definition) is 6. The van der Waals surface area contributed by atoms with Crippen molar-refractivity contribution in [3.63, 3.8) is 0 Å². The fourth-order valence-corrected chi connectivity index (χ4v) is 2.66. The fraction of sp³-hybridized carbons (Fsp3) is 0.625. The Morgan fingerprint density at radius 1 is 0.613 bits per heavy atom. The molecule has 1 aromatic carbocycles. The monoisotopic (exact) mass is 438 g/mol. The van der Waals surface area contributed by atoms with Crippen LogP contribution in [-0.2, 0) is 4.79 Å². The molecular weight excluding hydrogens is 400 g/mol. The first-order valence-electron chi connectivity index (χ1n) is 11.3. The van der Waals surface area contributed by atoms with Crippen LogP contribution in [0.25, 0.3) is 6.08 Å². The normalized spacial score (nSPS) is 10.9. The van der Waals surface area contributed by atoms with Gasteiger partial charge < -0.3 is 28.8 Å². The average molecular weight is 439 g/mol. The molecule has 0 heterocycles. The van der Waals surface area contributed by atoms with Gasteiger partial charge in [0.05, 0.1) is 38.6 Å². The van der Waals surface area contributed by atoms with Crippen LogP contribution in [0, 0.1) is 0 Å². The predicted molar refractivity (Wildman–Crippen MR) is 122 cm³/mol. The van der Waals surface area contributed by atoms with E-state index in [-0.39, 0.29) is 0 Å². The highest BCUT2D eigenvalue weighted by molar-refractivity contribution is 5.88. The van der Waals surface area contributed by atoms with Crippen LogP contribution in [0.2, 0.25) is 0 Å². The minimum absolute atomic E-state index is 0.411. The summed E-state index contributed by atoms with van der Waals surface area (Å²) in [5.74, 6) is 1.03. The van der Waals surface area contributed by atoms with E-state index < -0.39 is 5.97 Å². The molecular formula is C24H38O7. The number of ether oxygens (including phenoxy) is 5. The lowest BCUT2D eigenvalue weighted by atomic mass is 10.1. The molecule has 7 heteroatoms. The van der Waals surface area contributed by atoms with E-state index in [9.17, 15) is 9.90 Å². The molecule has 0 saturated heterocycles. The lowest BCUT2D eigenvalue weighted by molar-refractivity contribution is -0.131. The third kappa shape index (κ3) is 8.23. The van der Waals surface area contributed by atoms with Crippen molar-refractivity contribution in [2.45, 2.75) is 66.7 Å². The van der Waals surface area contributed by atoms with E-state index in [0.29, 0.717) is 67.3 Å². The molecule has 0 aliphatic heterocycles. The van der Waals surface area contributed by atoms with Gasteiger partial charge in [0.1, 0.15) is 0 Å². The molecule has 0 spiro atoms. The maximum atomic E-state index is 11.3. The molecule has 0 amide bonds. The van der Waals surface area contributed by atoms with Crippen LogP contribution in [0.15, 0.2) is 6.08 Å². The molecule has 7 nitrogen and oxygen atoms in total. The molecule has 1 rings (SSSR count). The summed E-state index contributed by atoms with van der Waals surface area (Å²) in [7, 11) is 0. The van der Waals surface area contributed by atoms with Crippen LogP contribution >= 0.6 is 0 Å². The van der Waals surface area contributed by atoms with E-state index in [4.69, 9.17) is 23.7 Å². The lowest BCUT2D eigenvalue weighted by Crippen LogP contribution is -2.11. The second-order valence-corrected chi connectivity index (χ2v) is 6.97. The molecule has 0 atom stereocenters. The molecule has 0 aliphatic carbocycles. The minimum Gasteiger partial charge on any atom is -0.489 e. The Morgan fingerprint density at radius 2 is 0.903 bits per heavy atom. The third-order valence-corrected chi connectivity index (χ3v) is 3.96. The highest BCUT2D eigenvalue weighted by Gasteiger charge is 2.29. The molecule has 0 radical (unpaired) electrons. The molecule has 0 unspecified atom stereocenters. The van der Waals surface area contributed by atoms with Gasteiger partial charge in [-0.3, -0.25) is 0 Å². The van der Waals surface area contributed by atoms with E-state index in [2.05, 4.69) is 0 Å². The summed E-state index contributed by atoms with van der Waals surface area (Å²) in [6.07, 6.45) is 6.48. The zero-order valence-electron chi connectivity index (χ0n) is 19.6. The van der Waals surface area contributed by atoms with E-state index >= 15 is 0 Å². The lowest BCUT2D eigenvalue weighted by Gasteiger charge is -2.25. The fourth-order valence-electron chi connectivity index (χ4n) is 2.66. The average Bonchev–Trinajstić information content (AvgIpc) is 2.76. The first-order chi connectivity index (χ1) is 15.0. The van der Waals surface area contributed by atoms with E-state index in [1.54, 1.807) is 0 Å². The summed E-state index contributed by atoms with van der Waals surface area (Å²) in [5.41, 5.74) is 0.477. The van der Waals surface area contributed by atoms with Gasteiger partial charge in [0, 0.05) is 6.08 Å². The summed E-state index contributed by atoms with van der Waals surface area (Å²) in [6, 6.07) is 0. The van der Waals surface area contributed by atoms with Crippen molar-refractivity contribution in [3.8, 4) is 28.7 Å². The predicted octanol–water partition coefficient (Wildman–Crippen LogP) is 5.73. The standard InChI is InChI=1S/C24H38O7/c1-6-13-27-20-18(11-12-19(25)26)21(28-14-7-2)23(30-16-9-4)24(31-17-10-5)22(20)29-15-8-3/h11-12H,6-10,13-17H2,1-5H3,(H,25,26). The van der Waals surface area contributed by atoms with Gasteiger partial charge in [0.15, 0.2) is 11.5 Å². The van der Waals surface area contributed by atoms with Crippen molar-refractivity contribution in [2.24, 2.45) is 0 Å². The van der Waals surface area contributed by atoms with Crippen molar-refractivity contribution in [3.05, 3.63) is 11.6 Å². The van der Waals surface area contributed by atoms with Crippen molar-refractivity contribution in [1.29, 1.82) is 0 Å². The summed E-state index contributed by atoms with van der Waals surface area (Å²) < 4.78 is 30.4. The number of hydrogen-bond donors (Lipinski definition) is 1. The number of carboxylic acids is 1. The van der Waals surface area contributed by atoms with Gasteiger partial charge in [0.2, 0.25) is 17.2 Å². The van der Waals surface area contributed by atoms with E-state index in [0.717, 1.165) is 38.2 Å². The molecule has 1 N–H and O–H groups in total. The minimum atomic E-state index is -1.07. The first kappa shape index (κ1) is 26.5. The Balaban J connectivity index is 3.88. The van der Waals surface area contributed by atoms with Gasteiger partial charge in [-0.1, -0.05) is 34.6 Å². The van der Waals surface area contributed by atoms with Crippen molar-refractivity contribution in [2.75, 3.05) is 33.0 Å². The van der Waals surface area contributed by atoms with E-state index in [1.165, 1.54) is 6.08 Å². The Labute approximate surface area is 186 Å². The molecule has 31 heavy (non-hydrogen) atoms. The maximum Gasteiger partial charge on any atom is 0.328 e. The highest BCUT2D eigenvalue weighted by Crippen LogP contribution is 2.54. The Hall–Kier alpha value is -2.57. The zero-order valence-corrected chi connectivity index (χ0v) is 19.6. The third-order valence-electron chi connectivity index (χ3n) is 3.96. The van der Waals surface area contributed by atoms with Gasteiger partial charge in [0.25, 0.3) is 0 Å². The summed E-state index contributed by atoms with van der Waals surface area (Å²) in [4.78, 5) is 11.3. The summed E-state index contributed by atoms with van der Waals surface area (Å²) in [5, 5.41) is 9.25. The van der Waals surface area contributed by atoms with Gasteiger partial charge in [-0.25, -0.2) is 4.79 Å². The Morgan fingerprint density at radius 3 is 1.19 bits per heavy atom. The van der Waals surface area contributed by atoms with Crippen molar-refractivity contribution < 1.29 is 33.6 Å². The molecule has 176 valence electrons. The molecule has 0 aromatic heterocycles. The number of carbonyl (C=O) groups is 1. The summed E-state index contributed by atoms with van der Waals surface area (Å²) in [6.45, 7) is 12.3. The summed E-state index contributed by atoms with van der Waals surface area (Å²) >= 11 is 0. The van der Waals surface area contributed by atoms with Crippen molar-refractivity contribution in [1.82, 2.24) is 0 Å². The van der Waals surface area contributed by atoms with Crippen LogP contribution in [0.3, 0.4) is 0 Å². The van der Waals surface area contributed by atoms with Crippen LogP contribution in [0.1, 0.15) is 72.3 Å². The molecule has 1 aromatic rings. The van der Waals surface area contributed by atoms with Crippen LogP contribution in [0.5, 0.6) is 28.7 Å². The largest absolute Gasteiger partial charge is 0.489 e. The smallest absolute Gasteiger partial charge is 0.328 e. The quantitative estimate of drug-likeness (QED) is 0.311. The van der Waals surface area contributed by atoms with Gasteiger partial charge in [-0.15, -0.1) is 0 Å². The number of carboxylic acid groups (broad SMARTS) is 1. The van der Waals surface area contributed by atoms with Crippen LogP contribution in [-0.4, -0.2) is 44.1 Å². The second kappa shape index (κ2) is 15.3. The topological polar surface area (TPSA) is 83.5 Å². The van der Waals surface area contributed by atoms with Crippen LogP contribution < -0.4 is 23.7 Å². The molecule has 0 bridgehead atoms. The van der Waals surface area contributed by atoms with Crippen LogP contribution in [0.4, 0.5) is 0 Å². The van der Waals surface area contributed by atoms with E-state index in [1.807, 2.05) is 34.6 Å². The maximum absolute atomic E-state index is 11.3. The van der Waals surface area contributed by atoms with Crippen molar-refractivity contribution >= 4 is 12.0 Å². The zero-order chi connectivity index (χ0) is 23.1. The Bertz CT molecular complexity index is 657. The molecule has 0 fully saturated rings. The molecule has 0 aliphatic rings. The second-order valence-electron chi connectivity index (χ2n) is 6.97.